The van der Waals surface area contributed by atoms with Crippen molar-refractivity contribution in [3.8, 4) is 0 Å². The lowest BCUT2D eigenvalue weighted by Crippen LogP contribution is -2.49. The number of rotatable bonds is 4. The van der Waals surface area contributed by atoms with Crippen LogP contribution in [0.15, 0.2) is 29.2 Å². The molecule has 15 heteroatoms. The monoisotopic (exact) mass is 606 g/mol. The molecule has 4 aliphatic rings. The molecule has 41 heavy (non-hydrogen) atoms. The highest BCUT2D eigenvalue weighted by molar-refractivity contribution is 7.91. The number of cyclic esters (lactones) is 1. The Morgan fingerprint density at radius 1 is 1.15 bits per heavy atom. The van der Waals surface area contributed by atoms with Gasteiger partial charge in [0.15, 0.2) is 15.7 Å². The van der Waals surface area contributed by atoms with Crippen molar-refractivity contribution in [3.63, 3.8) is 0 Å². The summed E-state index contributed by atoms with van der Waals surface area (Å²) in [4.78, 5) is 36.8. The summed E-state index contributed by atoms with van der Waals surface area (Å²) in [5, 5.41) is 6.49. The van der Waals surface area contributed by atoms with E-state index in [1.807, 2.05) is 4.90 Å². The molecule has 2 N–H and O–H groups in total. The molecule has 3 aromatic rings. The number of carbonyl (C=O) groups excluding carboxylic acids is 1. The predicted molar refractivity (Wildman–Crippen MR) is 148 cm³/mol. The van der Waals surface area contributed by atoms with Crippen molar-refractivity contribution in [2.75, 3.05) is 27.0 Å². The Kier molecular flexibility index (Phi) is 5.78. The Morgan fingerprint density at radius 2 is 1.85 bits per heavy atom. The van der Waals surface area contributed by atoms with Gasteiger partial charge in [0.1, 0.15) is 16.6 Å². The number of ether oxygens (including phenoxy) is 1. The maximum absolute atomic E-state index is 14.9. The number of pyridine rings is 1. The molecule has 3 fully saturated rings. The van der Waals surface area contributed by atoms with Crippen LogP contribution in [0.3, 0.4) is 0 Å². The Morgan fingerprint density at radius 3 is 2.54 bits per heavy atom. The van der Waals surface area contributed by atoms with Crippen LogP contribution < -0.4 is 21.1 Å². The Bertz CT molecular complexity index is 1780. The van der Waals surface area contributed by atoms with Gasteiger partial charge in [-0.2, -0.15) is 13.8 Å². The first-order chi connectivity index (χ1) is 19.4. The van der Waals surface area contributed by atoms with Crippen LogP contribution in [0.4, 0.5) is 31.9 Å². The van der Waals surface area contributed by atoms with E-state index in [2.05, 4.69) is 25.3 Å². The van der Waals surface area contributed by atoms with Gasteiger partial charge < -0.3 is 24.8 Å². The van der Waals surface area contributed by atoms with Crippen LogP contribution in [-0.2, 0) is 21.6 Å². The van der Waals surface area contributed by atoms with E-state index in [9.17, 15) is 26.8 Å². The van der Waals surface area contributed by atoms with Gasteiger partial charge in [-0.1, -0.05) is 11.6 Å². The molecule has 0 radical (unpaired) electrons. The number of hydrogen-bond acceptors (Lipinski definition) is 10. The van der Waals surface area contributed by atoms with Crippen LogP contribution in [0.2, 0.25) is 5.02 Å². The van der Waals surface area contributed by atoms with Crippen LogP contribution in [0.25, 0.3) is 10.9 Å². The molecular weight excluding hydrogens is 582 g/mol. The average molecular weight is 607 g/mol. The van der Waals surface area contributed by atoms with Gasteiger partial charge in [0.05, 0.1) is 28.9 Å². The molecular formula is C26H25ClF2N6O5S. The summed E-state index contributed by atoms with van der Waals surface area (Å²) < 4.78 is 60.0. The number of halogens is 3. The third kappa shape index (κ3) is 4.38. The van der Waals surface area contributed by atoms with Gasteiger partial charge in [-0.25, -0.2) is 18.2 Å². The fraction of sp³-hybridized carbons (Fsp3) is 0.462. The number of sulfone groups is 1. The molecule has 0 spiro atoms. The zero-order valence-corrected chi connectivity index (χ0v) is 23.3. The minimum atomic E-state index is -3.79. The minimum absolute atomic E-state index is 0.00796. The van der Waals surface area contributed by atoms with E-state index in [0.717, 1.165) is 12.8 Å². The second kappa shape index (κ2) is 8.99. The van der Waals surface area contributed by atoms with E-state index >= 15 is 0 Å². The van der Waals surface area contributed by atoms with Crippen molar-refractivity contribution in [3.05, 3.63) is 45.3 Å². The largest absolute Gasteiger partial charge is 0.421 e. The molecule has 3 atom stereocenters. The smallest absolute Gasteiger partial charge is 0.395 e. The van der Waals surface area contributed by atoms with Crippen LogP contribution >= 0.6 is 11.6 Å². The molecule has 2 bridgehead atoms. The number of nitrogens with one attached hydrogen (secondary N) is 2. The zero-order valence-electron chi connectivity index (χ0n) is 21.7. The molecule has 1 aromatic carbocycles. The summed E-state index contributed by atoms with van der Waals surface area (Å²) in [5.41, 5.74) is -0.368. The highest BCUT2D eigenvalue weighted by atomic mass is 35.5. The molecule has 11 nitrogen and oxygen atoms in total. The maximum atomic E-state index is 14.9. The summed E-state index contributed by atoms with van der Waals surface area (Å²) >= 11 is 6.43. The number of nitrogens with zero attached hydrogens (tertiary/aromatic N) is 4. The van der Waals surface area contributed by atoms with E-state index in [4.69, 9.17) is 11.6 Å². The number of benzene rings is 1. The van der Waals surface area contributed by atoms with Crippen molar-refractivity contribution in [1.82, 2.24) is 14.5 Å². The quantitative estimate of drug-likeness (QED) is 0.425. The van der Waals surface area contributed by atoms with Crippen molar-refractivity contribution in [2.24, 2.45) is 13.0 Å². The van der Waals surface area contributed by atoms with Crippen molar-refractivity contribution < 1.29 is 26.7 Å². The third-order valence-electron chi connectivity index (χ3n) is 8.32. The molecule has 7 rings (SSSR count). The lowest BCUT2D eigenvalue weighted by atomic mass is 10.1. The Hall–Kier alpha value is -3.52. The van der Waals surface area contributed by atoms with E-state index in [0.29, 0.717) is 35.4 Å². The highest BCUT2D eigenvalue weighted by Crippen LogP contribution is 2.45. The van der Waals surface area contributed by atoms with E-state index < -0.39 is 45.0 Å². The number of fused-ring (bicyclic) bond motifs is 5. The number of esters is 1. The minimum Gasteiger partial charge on any atom is -0.395 e. The Balaban J connectivity index is 1.28. The lowest BCUT2D eigenvalue weighted by Gasteiger charge is -2.34. The maximum Gasteiger partial charge on any atom is 0.421 e. The van der Waals surface area contributed by atoms with Crippen molar-refractivity contribution in [1.29, 1.82) is 0 Å². The number of alkyl halides is 2. The number of aromatic nitrogens is 3. The fourth-order valence-electron chi connectivity index (χ4n) is 6.24. The molecule has 3 aliphatic heterocycles. The molecule has 2 aromatic heterocycles. The normalized spacial score (nSPS) is 26.2. The van der Waals surface area contributed by atoms with Gasteiger partial charge in [-0.3, -0.25) is 4.79 Å². The van der Waals surface area contributed by atoms with Gasteiger partial charge in [-0.05, 0) is 49.8 Å². The molecule has 216 valence electrons. The van der Waals surface area contributed by atoms with E-state index in [1.165, 1.54) is 17.8 Å². The third-order valence-corrected chi connectivity index (χ3v) is 10.4. The second-order valence-corrected chi connectivity index (χ2v) is 13.7. The first kappa shape index (κ1) is 26.4. The predicted octanol–water partition coefficient (Wildman–Crippen LogP) is 3.45. The first-order valence-corrected chi connectivity index (χ1v) is 15.4. The molecule has 1 aliphatic carbocycles. The second-order valence-electron chi connectivity index (χ2n) is 11.1. The number of carbonyl (C=O) groups is 1. The van der Waals surface area contributed by atoms with Gasteiger partial charge in [0.2, 0.25) is 5.95 Å². The number of hydrogen-bond donors (Lipinski definition) is 2. The summed E-state index contributed by atoms with van der Waals surface area (Å²) in [5.74, 6) is -1.08. The molecule has 5 heterocycles. The van der Waals surface area contributed by atoms with Crippen LogP contribution in [-0.4, -0.2) is 64.7 Å². The van der Waals surface area contributed by atoms with Crippen LogP contribution in [0, 0.1) is 5.92 Å². The van der Waals surface area contributed by atoms with Gasteiger partial charge in [0, 0.05) is 30.2 Å². The number of anilines is 4. The highest BCUT2D eigenvalue weighted by Gasteiger charge is 2.54. The molecule has 1 saturated carbocycles. The summed E-state index contributed by atoms with van der Waals surface area (Å²) in [6, 6.07) is 3.03. The summed E-state index contributed by atoms with van der Waals surface area (Å²) in [6.07, 6.45) is 0.199. The first-order valence-electron chi connectivity index (χ1n) is 13.2. The van der Waals surface area contributed by atoms with Gasteiger partial charge in [0.25, 0.3) is 5.56 Å². The molecule has 2 saturated heterocycles. The average Bonchev–Trinajstić information content (AvgIpc) is 3.70. The van der Waals surface area contributed by atoms with Crippen LogP contribution in [0.1, 0.15) is 36.0 Å². The topological polar surface area (TPSA) is 136 Å². The van der Waals surface area contributed by atoms with Crippen molar-refractivity contribution in [2.45, 2.75) is 49.9 Å². The SMILES string of the molecule is Cn1c(=O)c2c(c3cc(Nc4nc(N5C6CCC5CS(=O)(=O)C6)ncc4Cl)ccc31)N[C@@H](C1CC1)C(F)(F)OC2=O. The van der Waals surface area contributed by atoms with Gasteiger partial charge >= 0.3 is 12.1 Å². The standard InChI is InChI=1S/C26H25ClF2N6O5S/c1-34-18-7-4-13(8-16(18)20-19(23(34)36)24(37)40-26(28,29)21(32-20)12-2-3-12)31-22-17(27)9-30-25(33-22)35-14-5-6-15(35)11-41(38,39)10-14/h4,7-9,12,14-15,21,32H,2-3,5-6,10-11H2,1H3,(H,30,31,33)/t14?,15?,21-/m0/s1. The van der Waals surface area contributed by atoms with Crippen molar-refractivity contribution >= 4 is 61.5 Å². The van der Waals surface area contributed by atoms with E-state index in [1.54, 1.807) is 18.2 Å². The van der Waals surface area contributed by atoms with Gasteiger partial charge in [-0.15, -0.1) is 0 Å². The zero-order chi connectivity index (χ0) is 28.8. The van der Waals surface area contributed by atoms with Crippen LogP contribution in [0.5, 0.6) is 0 Å². The van der Waals surface area contributed by atoms with E-state index in [-0.39, 0.29) is 40.1 Å². The number of aryl methyl sites for hydroxylation is 1. The Labute approximate surface area is 237 Å². The molecule has 0 amide bonds. The molecule has 2 unspecified atom stereocenters. The summed E-state index contributed by atoms with van der Waals surface area (Å²) in [7, 11) is -1.68. The lowest BCUT2D eigenvalue weighted by molar-refractivity contribution is -0.212. The summed E-state index contributed by atoms with van der Waals surface area (Å²) in [6.45, 7) is 0. The fourth-order valence-corrected chi connectivity index (χ4v) is 8.34.